The lowest BCUT2D eigenvalue weighted by atomic mass is 9.89. The van der Waals surface area contributed by atoms with E-state index >= 15 is 0 Å². The fourth-order valence-electron chi connectivity index (χ4n) is 4.34. The van der Waals surface area contributed by atoms with Gasteiger partial charge in [-0.3, -0.25) is 4.79 Å². The van der Waals surface area contributed by atoms with Gasteiger partial charge in [-0.25, -0.2) is 0 Å². The molecule has 2 aromatic carbocycles. The lowest BCUT2D eigenvalue weighted by molar-refractivity contribution is 0.0710. The first-order chi connectivity index (χ1) is 12.2. The summed E-state index contributed by atoms with van der Waals surface area (Å²) < 4.78 is 5.48. The molecule has 2 saturated heterocycles. The molecular formula is C21H25ClN2O2. The van der Waals surface area contributed by atoms with Crippen LogP contribution < -0.4 is 10.1 Å². The number of aryl methyl sites for hydroxylation is 1. The van der Waals surface area contributed by atoms with Gasteiger partial charge in [-0.1, -0.05) is 36.4 Å². The molecule has 3 atom stereocenters. The first kappa shape index (κ1) is 18.7. The highest BCUT2D eigenvalue weighted by molar-refractivity contribution is 5.97. The number of rotatable bonds is 3. The molecule has 0 saturated carbocycles. The first-order valence-corrected chi connectivity index (χ1v) is 8.90. The Morgan fingerprint density at radius 2 is 1.92 bits per heavy atom. The summed E-state index contributed by atoms with van der Waals surface area (Å²) >= 11 is 0. The summed E-state index contributed by atoms with van der Waals surface area (Å²) in [4.78, 5) is 15.4. The number of likely N-dealkylation sites (tertiary alicyclic amines) is 1. The topological polar surface area (TPSA) is 41.6 Å². The summed E-state index contributed by atoms with van der Waals surface area (Å²) in [5.74, 6) is 1.72. The van der Waals surface area contributed by atoms with Crippen LogP contribution in [0.25, 0.3) is 0 Å². The zero-order valence-corrected chi connectivity index (χ0v) is 16.0. The van der Waals surface area contributed by atoms with Crippen LogP contribution in [0.1, 0.15) is 27.5 Å². The molecule has 2 fully saturated rings. The molecule has 0 bridgehead atoms. The van der Waals surface area contributed by atoms with E-state index in [1.807, 2.05) is 31.2 Å². The fourth-order valence-corrected chi connectivity index (χ4v) is 4.34. The first-order valence-electron chi connectivity index (χ1n) is 8.90. The lowest BCUT2D eigenvalue weighted by Gasteiger charge is -2.29. The Balaban J connectivity index is 0.00000196. The Morgan fingerprint density at radius 1 is 1.15 bits per heavy atom. The third kappa shape index (κ3) is 3.19. The summed E-state index contributed by atoms with van der Waals surface area (Å²) in [6, 6.07) is 16.3. The number of fused-ring (bicyclic) bond motifs is 1. The predicted octanol–water partition coefficient (Wildman–Crippen LogP) is 3.46. The molecule has 0 aliphatic carbocycles. The Hall–Kier alpha value is -2.04. The van der Waals surface area contributed by atoms with Gasteiger partial charge in [0.25, 0.3) is 5.91 Å². The minimum atomic E-state index is 0. The molecule has 0 spiro atoms. The van der Waals surface area contributed by atoms with Crippen molar-refractivity contribution in [1.29, 1.82) is 0 Å². The largest absolute Gasteiger partial charge is 0.496 e. The summed E-state index contributed by atoms with van der Waals surface area (Å²) in [5.41, 5.74) is 2.97. The van der Waals surface area contributed by atoms with Crippen molar-refractivity contribution < 1.29 is 9.53 Å². The molecule has 2 heterocycles. The van der Waals surface area contributed by atoms with Crippen LogP contribution in [0, 0.1) is 18.8 Å². The molecule has 2 aromatic rings. The highest BCUT2D eigenvalue weighted by Crippen LogP contribution is 2.43. The van der Waals surface area contributed by atoms with Gasteiger partial charge in [-0.05, 0) is 36.1 Å². The number of carbonyl (C=O) groups excluding carboxylic acids is 1. The van der Waals surface area contributed by atoms with Crippen molar-refractivity contribution in [2.75, 3.05) is 26.7 Å². The molecule has 0 unspecified atom stereocenters. The second-order valence-corrected chi connectivity index (χ2v) is 7.10. The number of methoxy groups -OCH3 is 1. The number of nitrogens with one attached hydrogen (secondary N) is 1. The number of nitrogens with zero attached hydrogens (tertiary/aromatic N) is 1. The molecule has 26 heavy (non-hydrogen) atoms. The Labute approximate surface area is 160 Å². The van der Waals surface area contributed by atoms with E-state index in [0.29, 0.717) is 23.1 Å². The molecule has 1 N–H and O–H groups in total. The van der Waals surface area contributed by atoms with Crippen LogP contribution in [0.15, 0.2) is 48.5 Å². The molecule has 2 aliphatic heterocycles. The van der Waals surface area contributed by atoms with Gasteiger partial charge >= 0.3 is 0 Å². The third-order valence-corrected chi connectivity index (χ3v) is 5.55. The SMILES string of the molecule is COc1cc(C)ccc1C(=O)N1C[C@@H]2CNC[C@@H]2[C@H]1c1ccccc1.Cl. The van der Waals surface area contributed by atoms with Crippen LogP contribution in [0.2, 0.25) is 0 Å². The maximum atomic E-state index is 13.4. The van der Waals surface area contributed by atoms with E-state index in [1.54, 1.807) is 7.11 Å². The van der Waals surface area contributed by atoms with Gasteiger partial charge in [0.2, 0.25) is 0 Å². The van der Waals surface area contributed by atoms with Crippen molar-refractivity contribution in [3.05, 3.63) is 65.2 Å². The Morgan fingerprint density at radius 3 is 2.65 bits per heavy atom. The Kier molecular flexibility index (Phi) is 5.54. The Bertz CT molecular complexity index is 781. The van der Waals surface area contributed by atoms with Crippen LogP contribution in [-0.4, -0.2) is 37.6 Å². The summed E-state index contributed by atoms with van der Waals surface area (Å²) in [6.45, 7) is 4.77. The standard InChI is InChI=1S/C21H24N2O2.ClH/c1-14-8-9-17(19(10-14)25-2)21(24)23-13-16-11-22-12-18(16)20(23)15-6-4-3-5-7-15;/h3-10,16,18,20,22H,11-13H2,1-2H3;1H/t16-,18-,20+;/m0./s1. The van der Waals surface area contributed by atoms with Crippen LogP contribution in [-0.2, 0) is 0 Å². The van der Waals surface area contributed by atoms with Crippen LogP contribution in [0.3, 0.4) is 0 Å². The van der Waals surface area contributed by atoms with Gasteiger partial charge in [-0.15, -0.1) is 12.4 Å². The van der Waals surface area contributed by atoms with Crippen molar-refractivity contribution in [2.24, 2.45) is 11.8 Å². The number of benzene rings is 2. The van der Waals surface area contributed by atoms with E-state index in [9.17, 15) is 4.79 Å². The number of hydrogen-bond acceptors (Lipinski definition) is 3. The smallest absolute Gasteiger partial charge is 0.258 e. The minimum absolute atomic E-state index is 0. The lowest BCUT2D eigenvalue weighted by Crippen LogP contribution is -2.34. The molecule has 0 aromatic heterocycles. The van der Waals surface area contributed by atoms with Gasteiger partial charge < -0.3 is 15.0 Å². The average Bonchev–Trinajstić information content (AvgIpc) is 3.22. The van der Waals surface area contributed by atoms with Crippen LogP contribution in [0.4, 0.5) is 0 Å². The van der Waals surface area contributed by atoms with Gasteiger partial charge in [0.1, 0.15) is 5.75 Å². The zero-order valence-electron chi connectivity index (χ0n) is 15.1. The predicted molar refractivity (Wildman–Crippen MR) is 105 cm³/mol. The normalized spacial score (nSPS) is 24.1. The van der Waals surface area contributed by atoms with Gasteiger partial charge in [0, 0.05) is 25.6 Å². The molecule has 5 heteroatoms. The van der Waals surface area contributed by atoms with Crippen LogP contribution in [0.5, 0.6) is 5.75 Å². The second kappa shape index (κ2) is 7.68. The number of halogens is 1. The van der Waals surface area contributed by atoms with E-state index < -0.39 is 0 Å². The number of carbonyl (C=O) groups is 1. The molecule has 0 radical (unpaired) electrons. The molecule has 1 amide bonds. The molecule has 2 aliphatic rings. The fraction of sp³-hybridized carbons (Fsp3) is 0.381. The van der Waals surface area contributed by atoms with Gasteiger partial charge in [-0.2, -0.15) is 0 Å². The van der Waals surface area contributed by atoms with E-state index in [0.717, 1.165) is 25.2 Å². The van der Waals surface area contributed by atoms with Crippen molar-refractivity contribution in [3.63, 3.8) is 0 Å². The van der Waals surface area contributed by atoms with Gasteiger partial charge in [0.05, 0.1) is 18.7 Å². The van der Waals surface area contributed by atoms with Crippen molar-refractivity contribution in [1.82, 2.24) is 10.2 Å². The number of ether oxygens (including phenoxy) is 1. The molecule has 4 rings (SSSR count). The monoisotopic (exact) mass is 372 g/mol. The van der Waals surface area contributed by atoms with Crippen molar-refractivity contribution in [2.45, 2.75) is 13.0 Å². The third-order valence-electron chi connectivity index (χ3n) is 5.55. The van der Waals surface area contributed by atoms with E-state index in [4.69, 9.17) is 4.74 Å². The van der Waals surface area contributed by atoms with E-state index in [2.05, 4.69) is 34.5 Å². The van der Waals surface area contributed by atoms with Crippen molar-refractivity contribution >= 4 is 18.3 Å². The van der Waals surface area contributed by atoms with Crippen LogP contribution >= 0.6 is 12.4 Å². The summed E-state index contributed by atoms with van der Waals surface area (Å²) in [5, 5.41) is 3.49. The molecule has 4 nitrogen and oxygen atoms in total. The number of hydrogen-bond donors (Lipinski definition) is 1. The maximum absolute atomic E-state index is 13.4. The zero-order chi connectivity index (χ0) is 17.4. The van der Waals surface area contributed by atoms with Crippen molar-refractivity contribution in [3.8, 4) is 5.75 Å². The average molecular weight is 373 g/mol. The quantitative estimate of drug-likeness (QED) is 0.897. The number of amides is 1. The second-order valence-electron chi connectivity index (χ2n) is 7.10. The minimum Gasteiger partial charge on any atom is -0.496 e. The van der Waals surface area contributed by atoms with Gasteiger partial charge in [0.15, 0.2) is 0 Å². The highest BCUT2D eigenvalue weighted by Gasteiger charge is 2.47. The molecule has 138 valence electrons. The van der Waals surface area contributed by atoms with E-state index in [-0.39, 0.29) is 24.4 Å². The maximum Gasteiger partial charge on any atom is 0.258 e. The highest BCUT2D eigenvalue weighted by atomic mass is 35.5. The summed E-state index contributed by atoms with van der Waals surface area (Å²) in [7, 11) is 1.63. The van der Waals surface area contributed by atoms with E-state index in [1.165, 1.54) is 5.56 Å². The summed E-state index contributed by atoms with van der Waals surface area (Å²) in [6.07, 6.45) is 0. The molecular weight excluding hydrogens is 348 g/mol.